The first-order valence-electron chi connectivity index (χ1n) is 10.7. The summed E-state index contributed by atoms with van der Waals surface area (Å²) in [5.41, 5.74) is 0.278. The van der Waals surface area contributed by atoms with E-state index in [2.05, 4.69) is 0 Å². The summed E-state index contributed by atoms with van der Waals surface area (Å²) in [5, 5.41) is 0. The minimum atomic E-state index is -1.88. The molecule has 12 heteroatoms. The molecule has 38 heavy (non-hydrogen) atoms. The lowest BCUT2D eigenvalue weighted by Crippen LogP contribution is -2.29. The van der Waals surface area contributed by atoms with Crippen molar-refractivity contribution < 1.29 is 46.2 Å². The number of carbonyl (C=O) groups excluding carboxylic acids is 4. The highest BCUT2D eigenvalue weighted by atomic mass is 19.2. The summed E-state index contributed by atoms with van der Waals surface area (Å²) in [5.74, 6) is -13.2. The second kappa shape index (κ2) is 9.32. The molecule has 0 aromatic heterocycles. The average Bonchev–Trinajstić information content (AvgIpc) is 3.43. The molecular formula is C26H12F4N2O6. The number of hydrogen-bond acceptors (Lipinski definition) is 6. The summed E-state index contributed by atoms with van der Waals surface area (Å²) in [7, 11) is 0. The largest absolute Gasteiger partial charge is 0.451 e. The zero-order valence-corrected chi connectivity index (χ0v) is 18.8. The molecule has 0 radical (unpaired) electrons. The maximum absolute atomic E-state index is 14.7. The molecule has 0 unspecified atom stereocenters. The number of carbonyl (C=O) groups is 4. The second-order valence-corrected chi connectivity index (χ2v) is 7.80. The minimum Gasteiger partial charge on any atom is -0.451 e. The number of anilines is 2. The van der Waals surface area contributed by atoms with E-state index in [9.17, 15) is 36.7 Å². The predicted octanol–water partition coefficient (Wildman–Crippen LogP) is 4.69. The Morgan fingerprint density at radius 1 is 0.447 bits per heavy atom. The van der Waals surface area contributed by atoms with E-state index in [1.54, 1.807) is 0 Å². The summed E-state index contributed by atoms with van der Waals surface area (Å²) in [6.45, 7) is 0. The van der Waals surface area contributed by atoms with Crippen molar-refractivity contribution in [2.75, 3.05) is 9.80 Å². The van der Waals surface area contributed by atoms with E-state index in [4.69, 9.17) is 9.47 Å². The molecule has 190 valence electrons. The number of hydrogen-bond donors (Lipinski definition) is 0. The van der Waals surface area contributed by atoms with Gasteiger partial charge in [0.1, 0.15) is 11.5 Å². The first-order chi connectivity index (χ1) is 18.2. The van der Waals surface area contributed by atoms with Gasteiger partial charge < -0.3 is 9.47 Å². The lowest BCUT2D eigenvalue weighted by molar-refractivity contribution is -0.121. The molecular weight excluding hydrogens is 512 g/mol. The molecule has 3 aromatic rings. The van der Waals surface area contributed by atoms with Crippen molar-refractivity contribution in [2.24, 2.45) is 0 Å². The Kier molecular flexibility index (Phi) is 5.99. The van der Waals surface area contributed by atoms with Crippen molar-refractivity contribution >= 4 is 35.0 Å². The first-order valence-corrected chi connectivity index (χ1v) is 10.7. The van der Waals surface area contributed by atoms with Crippen molar-refractivity contribution in [3.63, 3.8) is 0 Å². The van der Waals surface area contributed by atoms with Crippen LogP contribution in [0.3, 0.4) is 0 Å². The molecule has 0 aliphatic carbocycles. The molecule has 0 atom stereocenters. The Hall–Kier alpha value is -5.26. The van der Waals surface area contributed by atoms with Crippen LogP contribution in [-0.2, 0) is 19.2 Å². The average molecular weight is 524 g/mol. The van der Waals surface area contributed by atoms with Gasteiger partial charge in [-0.15, -0.1) is 0 Å². The van der Waals surface area contributed by atoms with Crippen LogP contribution < -0.4 is 19.3 Å². The van der Waals surface area contributed by atoms with Crippen LogP contribution in [0, 0.1) is 23.3 Å². The van der Waals surface area contributed by atoms with Gasteiger partial charge >= 0.3 is 0 Å². The second-order valence-electron chi connectivity index (χ2n) is 7.80. The minimum absolute atomic E-state index is 0.139. The molecule has 0 fully saturated rings. The maximum Gasteiger partial charge on any atom is 0.258 e. The smallest absolute Gasteiger partial charge is 0.258 e. The maximum atomic E-state index is 14.7. The van der Waals surface area contributed by atoms with Crippen molar-refractivity contribution in [3.8, 4) is 23.0 Å². The summed E-state index contributed by atoms with van der Waals surface area (Å²) >= 11 is 0. The first kappa shape index (κ1) is 24.4. The molecule has 0 bridgehead atoms. The Morgan fingerprint density at radius 3 is 0.974 bits per heavy atom. The Balaban J connectivity index is 1.36. The molecule has 4 amide bonds. The fraction of sp³-hybridized carbons (Fsp3) is 0. The molecule has 3 aromatic carbocycles. The van der Waals surface area contributed by atoms with E-state index in [0.29, 0.717) is 0 Å². The normalized spacial score (nSPS) is 14.7. The molecule has 2 aliphatic rings. The van der Waals surface area contributed by atoms with Crippen LogP contribution >= 0.6 is 0 Å². The number of amides is 4. The number of benzene rings is 3. The van der Waals surface area contributed by atoms with Crippen LogP contribution in [0.2, 0.25) is 0 Å². The molecule has 8 nitrogen and oxygen atoms in total. The van der Waals surface area contributed by atoms with Gasteiger partial charge in [-0.05, 0) is 48.5 Å². The van der Waals surface area contributed by atoms with Gasteiger partial charge in [-0.3, -0.25) is 19.2 Å². The van der Waals surface area contributed by atoms with Crippen molar-refractivity contribution in [3.05, 3.63) is 96.1 Å². The molecule has 0 saturated heterocycles. The number of nitrogens with zero attached hydrogens (tertiary/aromatic N) is 2. The highest BCUT2D eigenvalue weighted by Crippen LogP contribution is 2.39. The molecule has 2 aliphatic heterocycles. The third-order valence-corrected chi connectivity index (χ3v) is 5.43. The fourth-order valence-electron chi connectivity index (χ4n) is 3.64. The highest BCUT2D eigenvalue weighted by Gasteiger charge is 2.30. The van der Waals surface area contributed by atoms with Crippen LogP contribution in [-0.4, -0.2) is 23.6 Å². The van der Waals surface area contributed by atoms with Gasteiger partial charge in [0, 0.05) is 24.3 Å². The lowest BCUT2D eigenvalue weighted by Gasteiger charge is -2.16. The SMILES string of the molecule is O=C1C=CC(=O)N1c1ccc(Oc2c(F)c(F)c(Oc3ccc(N4C(=O)C=CC4=O)cc3)c(F)c2F)cc1. The zero-order valence-electron chi connectivity index (χ0n) is 18.8. The zero-order chi connectivity index (χ0) is 27.1. The van der Waals surface area contributed by atoms with Crippen molar-refractivity contribution in [1.82, 2.24) is 0 Å². The lowest BCUT2D eigenvalue weighted by atomic mass is 10.2. The van der Waals surface area contributed by atoms with E-state index in [-0.39, 0.29) is 22.9 Å². The van der Waals surface area contributed by atoms with Gasteiger partial charge in [0.2, 0.25) is 34.8 Å². The Morgan fingerprint density at radius 2 is 0.711 bits per heavy atom. The van der Waals surface area contributed by atoms with Gasteiger partial charge in [0.15, 0.2) is 0 Å². The van der Waals surface area contributed by atoms with E-state index in [1.807, 2.05) is 0 Å². The molecule has 5 rings (SSSR count). The van der Waals surface area contributed by atoms with Crippen LogP contribution in [0.25, 0.3) is 0 Å². The highest BCUT2D eigenvalue weighted by molar-refractivity contribution is 6.28. The van der Waals surface area contributed by atoms with Crippen molar-refractivity contribution in [1.29, 1.82) is 0 Å². The van der Waals surface area contributed by atoms with Crippen LogP contribution in [0.15, 0.2) is 72.8 Å². The van der Waals surface area contributed by atoms with Gasteiger partial charge in [-0.2, -0.15) is 17.6 Å². The van der Waals surface area contributed by atoms with E-state index in [0.717, 1.165) is 58.4 Å². The Labute approximate surface area is 210 Å². The molecule has 0 spiro atoms. The van der Waals surface area contributed by atoms with E-state index in [1.165, 1.54) is 24.3 Å². The molecule has 0 saturated carbocycles. The Bertz CT molecular complexity index is 1400. The number of halogens is 4. The van der Waals surface area contributed by atoms with Gasteiger partial charge in [-0.25, -0.2) is 9.80 Å². The standard InChI is InChI=1S/C26H12F4N2O6/c27-21-23(29)26(38-16-7-3-14(4-8-16)32-19(35)11-12-20(32)36)24(30)22(28)25(21)37-15-5-1-13(2-6-15)31-17(33)9-10-18(31)34/h1-12H. The number of rotatable bonds is 6. The molecule has 0 N–H and O–H groups in total. The van der Waals surface area contributed by atoms with Gasteiger partial charge in [0.05, 0.1) is 11.4 Å². The quantitative estimate of drug-likeness (QED) is 0.264. The summed E-state index contributed by atoms with van der Waals surface area (Å²) in [4.78, 5) is 48.7. The molecule has 2 heterocycles. The van der Waals surface area contributed by atoms with E-state index < -0.39 is 58.4 Å². The predicted molar refractivity (Wildman–Crippen MR) is 123 cm³/mol. The third-order valence-electron chi connectivity index (χ3n) is 5.43. The number of ether oxygens (including phenoxy) is 2. The summed E-state index contributed by atoms with van der Waals surface area (Å²) in [6.07, 6.45) is 4.25. The van der Waals surface area contributed by atoms with Gasteiger partial charge in [0.25, 0.3) is 23.6 Å². The monoisotopic (exact) mass is 524 g/mol. The topological polar surface area (TPSA) is 93.2 Å². The van der Waals surface area contributed by atoms with Crippen molar-refractivity contribution in [2.45, 2.75) is 0 Å². The van der Waals surface area contributed by atoms with Crippen LogP contribution in [0.5, 0.6) is 23.0 Å². The van der Waals surface area contributed by atoms with Gasteiger partial charge in [-0.1, -0.05) is 0 Å². The summed E-state index contributed by atoms with van der Waals surface area (Å²) in [6, 6.07) is 9.51. The van der Waals surface area contributed by atoms with E-state index >= 15 is 0 Å². The fourth-order valence-corrected chi connectivity index (χ4v) is 3.64. The number of imide groups is 2. The van der Waals surface area contributed by atoms with Crippen LogP contribution in [0.1, 0.15) is 0 Å². The third kappa shape index (κ3) is 4.17. The van der Waals surface area contributed by atoms with Crippen LogP contribution in [0.4, 0.5) is 28.9 Å². The summed E-state index contributed by atoms with van der Waals surface area (Å²) < 4.78 is 68.8.